The van der Waals surface area contributed by atoms with E-state index in [1.807, 2.05) is 30.0 Å². The Morgan fingerprint density at radius 1 is 1.26 bits per heavy atom. The lowest BCUT2D eigenvalue weighted by Crippen LogP contribution is -2.40. The van der Waals surface area contributed by atoms with Crippen LogP contribution in [0.2, 0.25) is 0 Å². The molecule has 2 aliphatic rings. The van der Waals surface area contributed by atoms with E-state index >= 15 is 0 Å². The SMILES string of the molecule is CC(OCC1CCCCO1)C(=O)N1CCCC1c1ccccc1. The molecule has 2 heterocycles. The monoisotopic (exact) mass is 317 g/mol. The molecule has 0 radical (unpaired) electrons. The van der Waals surface area contributed by atoms with Crippen molar-refractivity contribution in [3.05, 3.63) is 35.9 Å². The summed E-state index contributed by atoms with van der Waals surface area (Å²) in [5, 5.41) is 0. The summed E-state index contributed by atoms with van der Waals surface area (Å²) >= 11 is 0. The molecule has 0 bridgehead atoms. The number of benzene rings is 1. The minimum Gasteiger partial charge on any atom is -0.376 e. The average molecular weight is 317 g/mol. The zero-order chi connectivity index (χ0) is 16.1. The fourth-order valence-electron chi connectivity index (χ4n) is 3.55. The van der Waals surface area contributed by atoms with Gasteiger partial charge in [-0.15, -0.1) is 0 Å². The maximum Gasteiger partial charge on any atom is 0.251 e. The Balaban J connectivity index is 1.55. The smallest absolute Gasteiger partial charge is 0.251 e. The third-order valence-corrected chi connectivity index (χ3v) is 4.87. The van der Waals surface area contributed by atoms with Crippen LogP contribution in [0.4, 0.5) is 0 Å². The average Bonchev–Trinajstić information content (AvgIpc) is 3.10. The number of likely N-dealkylation sites (tertiary alicyclic amines) is 1. The molecule has 2 aliphatic heterocycles. The van der Waals surface area contributed by atoms with Crippen LogP contribution in [0.3, 0.4) is 0 Å². The van der Waals surface area contributed by atoms with Crippen molar-refractivity contribution in [2.24, 2.45) is 0 Å². The molecule has 0 aromatic heterocycles. The maximum absolute atomic E-state index is 12.8. The number of hydrogen-bond acceptors (Lipinski definition) is 3. The molecule has 4 heteroatoms. The topological polar surface area (TPSA) is 38.8 Å². The van der Waals surface area contributed by atoms with Crippen molar-refractivity contribution in [3.8, 4) is 0 Å². The van der Waals surface area contributed by atoms with Crippen LogP contribution in [0.5, 0.6) is 0 Å². The zero-order valence-corrected chi connectivity index (χ0v) is 13.9. The van der Waals surface area contributed by atoms with Gasteiger partial charge >= 0.3 is 0 Å². The second-order valence-electron chi connectivity index (χ2n) is 6.56. The minimum atomic E-state index is -0.398. The van der Waals surface area contributed by atoms with Gasteiger partial charge in [-0.3, -0.25) is 4.79 Å². The predicted octanol–water partition coefficient (Wildman–Crippen LogP) is 3.32. The summed E-state index contributed by atoms with van der Waals surface area (Å²) in [6, 6.07) is 10.5. The van der Waals surface area contributed by atoms with Gasteiger partial charge < -0.3 is 14.4 Å². The number of nitrogens with zero attached hydrogens (tertiary/aromatic N) is 1. The van der Waals surface area contributed by atoms with Crippen molar-refractivity contribution in [1.29, 1.82) is 0 Å². The fraction of sp³-hybridized carbons (Fsp3) is 0.632. The summed E-state index contributed by atoms with van der Waals surface area (Å²) in [6.07, 6.45) is 5.22. The van der Waals surface area contributed by atoms with Gasteiger partial charge in [0.15, 0.2) is 0 Å². The fourth-order valence-corrected chi connectivity index (χ4v) is 3.55. The number of hydrogen-bond donors (Lipinski definition) is 0. The van der Waals surface area contributed by atoms with Crippen molar-refractivity contribution >= 4 is 5.91 Å². The molecule has 3 unspecified atom stereocenters. The first-order valence-electron chi connectivity index (χ1n) is 8.84. The molecule has 3 rings (SSSR count). The Hall–Kier alpha value is -1.39. The van der Waals surface area contributed by atoms with Gasteiger partial charge in [0, 0.05) is 13.2 Å². The normalized spacial score (nSPS) is 26.2. The Bertz CT molecular complexity index is 499. The molecule has 0 N–H and O–H groups in total. The van der Waals surface area contributed by atoms with E-state index in [1.54, 1.807) is 0 Å². The van der Waals surface area contributed by atoms with Gasteiger partial charge in [-0.1, -0.05) is 30.3 Å². The van der Waals surface area contributed by atoms with Crippen LogP contribution in [0, 0.1) is 0 Å². The Morgan fingerprint density at radius 3 is 2.83 bits per heavy atom. The molecule has 126 valence electrons. The van der Waals surface area contributed by atoms with Gasteiger partial charge in [0.05, 0.1) is 18.8 Å². The van der Waals surface area contributed by atoms with E-state index in [4.69, 9.17) is 9.47 Å². The van der Waals surface area contributed by atoms with Crippen LogP contribution in [0.25, 0.3) is 0 Å². The molecule has 0 spiro atoms. The van der Waals surface area contributed by atoms with E-state index in [1.165, 1.54) is 12.0 Å². The Labute approximate surface area is 138 Å². The Kier molecular flexibility index (Phi) is 5.68. The van der Waals surface area contributed by atoms with E-state index in [9.17, 15) is 4.79 Å². The molecule has 0 aliphatic carbocycles. The van der Waals surface area contributed by atoms with Crippen molar-refractivity contribution in [2.45, 2.75) is 57.3 Å². The van der Waals surface area contributed by atoms with Crippen molar-refractivity contribution < 1.29 is 14.3 Å². The van der Waals surface area contributed by atoms with Gasteiger partial charge in [0.25, 0.3) is 5.91 Å². The summed E-state index contributed by atoms with van der Waals surface area (Å²) in [5.74, 6) is 0.104. The molecule has 1 aromatic rings. The van der Waals surface area contributed by atoms with Gasteiger partial charge in [-0.05, 0) is 44.6 Å². The molecular weight excluding hydrogens is 290 g/mol. The highest BCUT2D eigenvalue weighted by Gasteiger charge is 2.33. The summed E-state index contributed by atoms with van der Waals surface area (Å²) in [6.45, 7) is 4.03. The summed E-state index contributed by atoms with van der Waals surface area (Å²) in [5.41, 5.74) is 1.22. The van der Waals surface area contributed by atoms with Crippen LogP contribution in [-0.4, -0.2) is 42.8 Å². The largest absolute Gasteiger partial charge is 0.376 e. The number of ether oxygens (including phenoxy) is 2. The van der Waals surface area contributed by atoms with Crippen LogP contribution < -0.4 is 0 Å². The van der Waals surface area contributed by atoms with Gasteiger partial charge in [-0.2, -0.15) is 0 Å². The lowest BCUT2D eigenvalue weighted by atomic mass is 10.0. The van der Waals surface area contributed by atoms with Crippen LogP contribution in [0.15, 0.2) is 30.3 Å². The summed E-state index contributed by atoms with van der Waals surface area (Å²) in [7, 11) is 0. The number of rotatable bonds is 5. The highest BCUT2D eigenvalue weighted by atomic mass is 16.5. The maximum atomic E-state index is 12.8. The molecule has 4 nitrogen and oxygen atoms in total. The van der Waals surface area contributed by atoms with Crippen molar-refractivity contribution in [1.82, 2.24) is 4.90 Å². The van der Waals surface area contributed by atoms with Crippen molar-refractivity contribution in [3.63, 3.8) is 0 Å². The molecule has 0 saturated carbocycles. The van der Waals surface area contributed by atoms with Crippen LogP contribution >= 0.6 is 0 Å². The van der Waals surface area contributed by atoms with Gasteiger partial charge in [-0.25, -0.2) is 0 Å². The van der Waals surface area contributed by atoms with Crippen LogP contribution in [-0.2, 0) is 14.3 Å². The Morgan fingerprint density at radius 2 is 2.09 bits per heavy atom. The molecule has 1 aromatic carbocycles. The molecule has 1 amide bonds. The molecule has 2 fully saturated rings. The van der Waals surface area contributed by atoms with Crippen molar-refractivity contribution in [2.75, 3.05) is 19.8 Å². The molecule has 3 atom stereocenters. The number of carbonyl (C=O) groups is 1. The van der Waals surface area contributed by atoms with Gasteiger partial charge in [0.1, 0.15) is 6.10 Å². The summed E-state index contributed by atoms with van der Waals surface area (Å²) in [4.78, 5) is 14.7. The van der Waals surface area contributed by atoms with Crippen LogP contribution in [0.1, 0.15) is 50.6 Å². The first kappa shape index (κ1) is 16.5. The number of carbonyl (C=O) groups excluding carboxylic acids is 1. The third-order valence-electron chi connectivity index (χ3n) is 4.87. The molecule has 2 saturated heterocycles. The lowest BCUT2D eigenvalue weighted by Gasteiger charge is -2.29. The van der Waals surface area contributed by atoms with E-state index < -0.39 is 6.10 Å². The first-order chi connectivity index (χ1) is 11.3. The molecule has 23 heavy (non-hydrogen) atoms. The highest BCUT2D eigenvalue weighted by Crippen LogP contribution is 2.32. The van der Waals surface area contributed by atoms with E-state index in [-0.39, 0.29) is 18.1 Å². The highest BCUT2D eigenvalue weighted by molar-refractivity contribution is 5.81. The number of amides is 1. The summed E-state index contributed by atoms with van der Waals surface area (Å²) < 4.78 is 11.5. The first-order valence-corrected chi connectivity index (χ1v) is 8.84. The zero-order valence-electron chi connectivity index (χ0n) is 13.9. The third kappa shape index (κ3) is 4.12. The minimum absolute atomic E-state index is 0.104. The quantitative estimate of drug-likeness (QED) is 0.836. The predicted molar refractivity (Wildman–Crippen MR) is 89.1 cm³/mol. The van der Waals surface area contributed by atoms with E-state index in [0.29, 0.717) is 6.61 Å². The van der Waals surface area contributed by atoms with Gasteiger partial charge in [0.2, 0.25) is 0 Å². The van der Waals surface area contributed by atoms with E-state index in [0.717, 1.165) is 38.8 Å². The second kappa shape index (κ2) is 7.93. The standard InChI is InChI=1S/C19H27NO3/c1-15(23-14-17-10-5-6-13-22-17)19(21)20-12-7-11-18(20)16-8-3-2-4-9-16/h2-4,8-9,15,17-18H,5-7,10-14H2,1H3. The second-order valence-corrected chi connectivity index (χ2v) is 6.56. The van der Waals surface area contributed by atoms with E-state index in [2.05, 4.69) is 12.1 Å². The lowest BCUT2D eigenvalue weighted by molar-refractivity contribution is -0.147. The molecular formula is C19H27NO3.